The summed E-state index contributed by atoms with van der Waals surface area (Å²) in [6.07, 6.45) is 13.9. The summed E-state index contributed by atoms with van der Waals surface area (Å²) in [6, 6.07) is 6.28. The lowest BCUT2D eigenvalue weighted by atomic mass is 10.00. The predicted octanol–water partition coefficient (Wildman–Crippen LogP) is 3.89. The highest BCUT2D eigenvalue weighted by atomic mass is 15.3. The van der Waals surface area contributed by atoms with E-state index in [9.17, 15) is 0 Å². The van der Waals surface area contributed by atoms with E-state index < -0.39 is 0 Å². The Morgan fingerprint density at radius 1 is 1.38 bits per heavy atom. The largest absolute Gasteiger partial charge is 0.341 e. The minimum atomic E-state index is 0.583. The zero-order valence-corrected chi connectivity index (χ0v) is 12.5. The van der Waals surface area contributed by atoms with Gasteiger partial charge in [-0.15, -0.1) is 0 Å². The van der Waals surface area contributed by atoms with Crippen LogP contribution in [0, 0.1) is 0 Å². The molecule has 0 amide bonds. The molecule has 0 fully saturated rings. The predicted molar refractivity (Wildman–Crippen MR) is 91.4 cm³/mol. The fraction of sp³-hybridized carbons (Fsp3) is 0.222. The Balaban J connectivity index is 2.30. The lowest BCUT2D eigenvalue weighted by molar-refractivity contribution is 0.894. The van der Waals surface area contributed by atoms with Gasteiger partial charge in [-0.05, 0) is 30.0 Å². The molecular weight excluding hydrogens is 258 g/mol. The van der Waals surface area contributed by atoms with Gasteiger partial charge in [0.05, 0.1) is 0 Å². The van der Waals surface area contributed by atoms with Crippen LogP contribution in [0.3, 0.4) is 0 Å². The van der Waals surface area contributed by atoms with E-state index in [2.05, 4.69) is 66.8 Å². The number of nitrogens with two attached hydrogens (primary N) is 1. The van der Waals surface area contributed by atoms with Gasteiger partial charge in [0.1, 0.15) is 5.82 Å². The van der Waals surface area contributed by atoms with Gasteiger partial charge < -0.3 is 10.7 Å². The number of hydrogen-bond donors (Lipinski definition) is 3. The summed E-state index contributed by atoms with van der Waals surface area (Å²) in [5.41, 5.74) is 7.41. The average molecular weight is 281 g/mol. The standard InChI is InChI=1S/C18H23N3/c1-3-7-16-10-6-11-18(20-14(2)21-19)17(16)13-12-15-8-4-5-9-15/h4-6,8,10-13,20-21H,2-3,7,9,19H2,1H3/b13-12+. The molecule has 2 rings (SSSR count). The zero-order chi connectivity index (χ0) is 15.1. The van der Waals surface area contributed by atoms with Gasteiger partial charge in [-0.25, -0.2) is 5.84 Å². The number of hydrazine groups is 1. The first-order chi connectivity index (χ1) is 10.2. The molecule has 1 aliphatic carbocycles. The normalized spacial score (nSPS) is 13.5. The minimum Gasteiger partial charge on any atom is -0.341 e. The highest BCUT2D eigenvalue weighted by molar-refractivity contribution is 5.72. The number of allylic oxidation sites excluding steroid dienone is 5. The van der Waals surface area contributed by atoms with Gasteiger partial charge in [0.2, 0.25) is 0 Å². The van der Waals surface area contributed by atoms with Crippen molar-refractivity contribution in [1.82, 2.24) is 5.43 Å². The van der Waals surface area contributed by atoms with Crippen LogP contribution in [0.2, 0.25) is 0 Å². The molecule has 1 aromatic carbocycles. The molecule has 0 aliphatic heterocycles. The van der Waals surface area contributed by atoms with Crippen LogP contribution in [0.1, 0.15) is 30.9 Å². The highest BCUT2D eigenvalue weighted by Crippen LogP contribution is 2.25. The summed E-state index contributed by atoms with van der Waals surface area (Å²) in [4.78, 5) is 0. The maximum atomic E-state index is 5.39. The molecule has 3 nitrogen and oxygen atoms in total. The molecule has 0 unspecified atom stereocenters. The van der Waals surface area contributed by atoms with Crippen molar-refractivity contribution in [1.29, 1.82) is 0 Å². The van der Waals surface area contributed by atoms with Crippen LogP contribution in [0.4, 0.5) is 5.69 Å². The summed E-state index contributed by atoms with van der Waals surface area (Å²) < 4.78 is 0. The van der Waals surface area contributed by atoms with Gasteiger partial charge in [0.25, 0.3) is 0 Å². The molecule has 0 heterocycles. The molecule has 3 heteroatoms. The molecular formula is C18H23N3. The Morgan fingerprint density at radius 3 is 2.90 bits per heavy atom. The number of benzene rings is 1. The Labute approximate surface area is 126 Å². The second-order valence-electron chi connectivity index (χ2n) is 5.08. The quantitative estimate of drug-likeness (QED) is 0.525. The van der Waals surface area contributed by atoms with Gasteiger partial charge in [0, 0.05) is 11.3 Å². The molecule has 0 aromatic heterocycles. The minimum absolute atomic E-state index is 0.583. The van der Waals surface area contributed by atoms with Crippen molar-refractivity contribution in [2.45, 2.75) is 26.2 Å². The van der Waals surface area contributed by atoms with Crippen LogP contribution in [-0.2, 0) is 6.42 Å². The Hall–Kier alpha value is -2.26. The lowest BCUT2D eigenvalue weighted by Crippen LogP contribution is -2.25. The Morgan fingerprint density at radius 2 is 2.24 bits per heavy atom. The van der Waals surface area contributed by atoms with E-state index in [1.165, 1.54) is 16.7 Å². The molecule has 0 spiro atoms. The fourth-order valence-electron chi connectivity index (χ4n) is 2.38. The smallest absolute Gasteiger partial charge is 0.110 e. The van der Waals surface area contributed by atoms with Gasteiger partial charge >= 0.3 is 0 Å². The number of rotatable bonds is 7. The molecule has 1 aromatic rings. The zero-order valence-electron chi connectivity index (χ0n) is 12.5. The van der Waals surface area contributed by atoms with Crippen LogP contribution in [0.15, 0.2) is 60.5 Å². The van der Waals surface area contributed by atoms with Crippen molar-refractivity contribution in [2.75, 3.05) is 5.32 Å². The van der Waals surface area contributed by atoms with E-state index in [-0.39, 0.29) is 0 Å². The first kappa shape index (κ1) is 15.1. The molecule has 21 heavy (non-hydrogen) atoms. The third-order valence-electron chi connectivity index (χ3n) is 3.44. The summed E-state index contributed by atoms with van der Waals surface area (Å²) in [6.45, 7) is 6.02. The van der Waals surface area contributed by atoms with E-state index in [1.54, 1.807) is 0 Å². The summed E-state index contributed by atoms with van der Waals surface area (Å²) >= 11 is 0. The average Bonchev–Trinajstić information content (AvgIpc) is 3.00. The van der Waals surface area contributed by atoms with Crippen molar-refractivity contribution in [3.63, 3.8) is 0 Å². The first-order valence-electron chi connectivity index (χ1n) is 7.32. The molecule has 0 bridgehead atoms. The topological polar surface area (TPSA) is 50.1 Å². The van der Waals surface area contributed by atoms with Crippen molar-refractivity contribution in [3.05, 3.63) is 71.6 Å². The molecule has 0 atom stereocenters. The van der Waals surface area contributed by atoms with Crippen LogP contribution >= 0.6 is 0 Å². The molecule has 1 aliphatic rings. The van der Waals surface area contributed by atoms with Crippen molar-refractivity contribution < 1.29 is 0 Å². The van der Waals surface area contributed by atoms with Crippen LogP contribution in [0.5, 0.6) is 0 Å². The van der Waals surface area contributed by atoms with Crippen LogP contribution in [-0.4, -0.2) is 0 Å². The van der Waals surface area contributed by atoms with Crippen molar-refractivity contribution in [3.8, 4) is 0 Å². The van der Waals surface area contributed by atoms with E-state index in [1.807, 2.05) is 6.07 Å². The van der Waals surface area contributed by atoms with Crippen LogP contribution in [0.25, 0.3) is 6.08 Å². The van der Waals surface area contributed by atoms with E-state index in [0.717, 1.165) is 24.9 Å². The maximum absolute atomic E-state index is 5.39. The van der Waals surface area contributed by atoms with Gasteiger partial charge in [-0.1, -0.05) is 62.4 Å². The molecule has 0 saturated heterocycles. The fourth-order valence-corrected chi connectivity index (χ4v) is 2.38. The Kier molecular flexibility index (Phi) is 5.41. The van der Waals surface area contributed by atoms with Crippen molar-refractivity contribution in [2.24, 2.45) is 5.84 Å². The SMILES string of the molecule is C=C(NN)Nc1cccc(CCC)c1/C=C/C1=CC=CC1. The second kappa shape index (κ2) is 7.50. The van der Waals surface area contributed by atoms with Crippen LogP contribution < -0.4 is 16.6 Å². The van der Waals surface area contributed by atoms with Crippen molar-refractivity contribution >= 4 is 11.8 Å². The van der Waals surface area contributed by atoms with E-state index >= 15 is 0 Å². The molecule has 0 radical (unpaired) electrons. The molecule has 0 saturated carbocycles. The summed E-state index contributed by atoms with van der Waals surface area (Å²) in [5.74, 6) is 5.98. The van der Waals surface area contributed by atoms with Gasteiger partial charge in [-0.2, -0.15) is 0 Å². The molecule has 4 N–H and O–H groups in total. The third kappa shape index (κ3) is 4.10. The van der Waals surface area contributed by atoms with E-state index in [4.69, 9.17) is 5.84 Å². The van der Waals surface area contributed by atoms with Gasteiger partial charge in [-0.3, -0.25) is 0 Å². The summed E-state index contributed by atoms with van der Waals surface area (Å²) in [7, 11) is 0. The number of aryl methyl sites for hydroxylation is 1. The Bertz CT molecular complexity index is 594. The summed E-state index contributed by atoms with van der Waals surface area (Å²) in [5, 5.41) is 3.22. The maximum Gasteiger partial charge on any atom is 0.110 e. The lowest BCUT2D eigenvalue weighted by Gasteiger charge is -2.15. The highest BCUT2D eigenvalue weighted by Gasteiger charge is 2.06. The molecule has 110 valence electrons. The number of anilines is 1. The number of nitrogens with one attached hydrogen (secondary N) is 2. The third-order valence-corrected chi connectivity index (χ3v) is 3.44. The first-order valence-corrected chi connectivity index (χ1v) is 7.32. The monoisotopic (exact) mass is 281 g/mol. The van der Waals surface area contributed by atoms with Gasteiger partial charge in [0.15, 0.2) is 0 Å². The second-order valence-corrected chi connectivity index (χ2v) is 5.08. The number of hydrogen-bond acceptors (Lipinski definition) is 3. The van der Waals surface area contributed by atoms with E-state index in [0.29, 0.717) is 5.82 Å².